The van der Waals surface area contributed by atoms with Crippen LogP contribution in [0.15, 0.2) is 88.2 Å². The fraction of sp³-hybridized carbons (Fsp3) is 0.136. The Hall–Kier alpha value is -2.48. The van der Waals surface area contributed by atoms with E-state index in [0.717, 1.165) is 21.3 Å². The van der Waals surface area contributed by atoms with Crippen LogP contribution in [0.3, 0.4) is 0 Å². The predicted molar refractivity (Wildman–Crippen MR) is 118 cm³/mol. The smallest absolute Gasteiger partial charge is 0.240 e. The first kappa shape index (κ1) is 21.2. The highest BCUT2D eigenvalue weighted by atomic mass is 79.9. The molecule has 150 valence electrons. The summed E-state index contributed by atoms with van der Waals surface area (Å²) in [6.45, 7) is 0.237. The van der Waals surface area contributed by atoms with E-state index in [1.54, 1.807) is 24.3 Å². The number of halogens is 1. The number of amides is 1. The normalized spacial score (nSPS) is 11.2. The van der Waals surface area contributed by atoms with E-state index in [1.165, 1.54) is 0 Å². The number of carbonyl (C=O) groups is 1. The van der Waals surface area contributed by atoms with Gasteiger partial charge in [0.1, 0.15) is 0 Å². The maximum Gasteiger partial charge on any atom is 0.240 e. The Morgan fingerprint density at radius 3 is 2.28 bits per heavy atom. The van der Waals surface area contributed by atoms with Crippen molar-refractivity contribution >= 4 is 37.5 Å². The second-order valence-electron chi connectivity index (χ2n) is 6.51. The van der Waals surface area contributed by atoms with Crippen molar-refractivity contribution in [3.05, 3.63) is 94.5 Å². The average molecular weight is 473 g/mol. The third kappa shape index (κ3) is 6.52. The minimum Gasteiger partial charge on any atom is -0.326 e. The summed E-state index contributed by atoms with van der Waals surface area (Å²) in [4.78, 5) is 12.3. The number of carbonyl (C=O) groups excluding carboxylic acids is 1. The van der Waals surface area contributed by atoms with E-state index in [-0.39, 0.29) is 17.3 Å². The third-order valence-electron chi connectivity index (χ3n) is 4.29. The highest BCUT2D eigenvalue weighted by molar-refractivity contribution is 9.10. The van der Waals surface area contributed by atoms with Gasteiger partial charge in [-0.2, -0.15) is 0 Å². The van der Waals surface area contributed by atoms with Crippen LogP contribution in [-0.4, -0.2) is 14.3 Å². The molecule has 1 amide bonds. The van der Waals surface area contributed by atoms with Gasteiger partial charge in [0.2, 0.25) is 15.9 Å². The molecule has 29 heavy (non-hydrogen) atoms. The van der Waals surface area contributed by atoms with Gasteiger partial charge >= 0.3 is 0 Å². The van der Waals surface area contributed by atoms with Gasteiger partial charge in [0, 0.05) is 23.1 Å². The van der Waals surface area contributed by atoms with Crippen molar-refractivity contribution in [1.82, 2.24) is 4.72 Å². The third-order valence-corrected chi connectivity index (χ3v) is 6.20. The van der Waals surface area contributed by atoms with Crippen molar-refractivity contribution in [3.8, 4) is 0 Å². The Labute approximate surface area is 179 Å². The molecule has 0 unspecified atom stereocenters. The van der Waals surface area contributed by atoms with Crippen molar-refractivity contribution < 1.29 is 13.2 Å². The van der Waals surface area contributed by atoms with Crippen LogP contribution in [0, 0.1) is 0 Å². The minimum absolute atomic E-state index is 0.0932. The highest BCUT2D eigenvalue weighted by Gasteiger charge is 2.13. The zero-order chi connectivity index (χ0) is 20.7. The van der Waals surface area contributed by atoms with Crippen LogP contribution in [0.4, 0.5) is 5.69 Å². The zero-order valence-electron chi connectivity index (χ0n) is 15.6. The quantitative estimate of drug-likeness (QED) is 0.506. The Morgan fingerprint density at radius 1 is 0.862 bits per heavy atom. The first-order chi connectivity index (χ1) is 13.9. The van der Waals surface area contributed by atoms with Crippen LogP contribution in [0.25, 0.3) is 0 Å². The van der Waals surface area contributed by atoms with Gasteiger partial charge in [-0.05, 0) is 47.9 Å². The summed E-state index contributed by atoms with van der Waals surface area (Å²) in [5.74, 6) is -0.0932. The SMILES string of the molecule is O=C(CCc1ccc(S(=O)(=O)NCc2ccccc2)cc1)Nc1cccc(Br)c1. The molecule has 0 radical (unpaired) electrons. The number of sulfonamides is 1. The number of aryl methyl sites for hydroxylation is 1. The molecule has 3 aromatic rings. The van der Waals surface area contributed by atoms with E-state index in [9.17, 15) is 13.2 Å². The summed E-state index contributed by atoms with van der Waals surface area (Å²) >= 11 is 3.37. The molecule has 3 rings (SSSR count). The second-order valence-corrected chi connectivity index (χ2v) is 9.20. The number of benzene rings is 3. The molecule has 3 aromatic carbocycles. The second kappa shape index (κ2) is 9.82. The number of anilines is 1. The van der Waals surface area contributed by atoms with Crippen molar-refractivity contribution in [1.29, 1.82) is 0 Å². The molecule has 0 aliphatic heterocycles. The largest absolute Gasteiger partial charge is 0.326 e. The lowest BCUT2D eigenvalue weighted by Gasteiger charge is -2.08. The summed E-state index contributed by atoms with van der Waals surface area (Å²) in [5.41, 5.74) is 2.52. The number of hydrogen-bond donors (Lipinski definition) is 2. The molecule has 0 aliphatic carbocycles. The molecule has 0 saturated carbocycles. The summed E-state index contributed by atoms with van der Waals surface area (Å²) in [7, 11) is -3.59. The van der Waals surface area contributed by atoms with E-state index in [1.807, 2.05) is 54.6 Å². The van der Waals surface area contributed by atoms with E-state index < -0.39 is 10.0 Å². The minimum atomic E-state index is -3.59. The van der Waals surface area contributed by atoms with E-state index in [4.69, 9.17) is 0 Å². The molecule has 0 aliphatic rings. The molecule has 0 fully saturated rings. The first-order valence-corrected chi connectivity index (χ1v) is 11.4. The summed E-state index contributed by atoms with van der Waals surface area (Å²) < 4.78 is 28.4. The Kier molecular flexibility index (Phi) is 7.19. The molecule has 7 heteroatoms. The number of rotatable bonds is 8. The number of nitrogens with one attached hydrogen (secondary N) is 2. The average Bonchev–Trinajstić information content (AvgIpc) is 2.72. The van der Waals surface area contributed by atoms with Gasteiger partial charge in [0.25, 0.3) is 0 Å². The maximum absolute atomic E-state index is 12.4. The van der Waals surface area contributed by atoms with Crippen LogP contribution in [0.2, 0.25) is 0 Å². The Morgan fingerprint density at radius 2 is 1.59 bits per heavy atom. The van der Waals surface area contributed by atoms with Gasteiger partial charge in [-0.3, -0.25) is 4.79 Å². The van der Waals surface area contributed by atoms with Crippen LogP contribution in [0.1, 0.15) is 17.5 Å². The van der Waals surface area contributed by atoms with Gasteiger partial charge in [-0.25, -0.2) is 13.1 Å². The van der Waals surface area contributed by atoms with Crippen LogP contribution < -0.4 is 10.0 Å². The van der Waals surface area contributed by atoms with E-state index in [2.05, 4.69) is 26.0 Å². The molecule has 0 saturated heterocycles. The summed E-state index contributed by atoms with van der Waals surface area (Å²) in [5, 5.41) is 2.85. The highest BCUT2D eigenvalue weighted by Crippen LogP contribution is 2.17. The molecule has 0 aromatic heterocycles. The molecular formula is C22H21BrN2O3S. The van der Waals surface area contributed by atoms with Gasteiger partial charge < -0.3 is 5.32 Å². The molecule has 5 nitrogen and oxygen atoms in total. The molecule has 0 bridgehead atoms. The summed E-state index contributed by atoms with van der Waals surface area (Å²) in [6.07, 6.45) is 0.836. The van der Waals surface area contributed by atoms with Crippen molar-refractivity contribution in [2.45, 2.75) is 24.3 Å². The maximum atomic E-state index is 12.4. The predicted octanol–water partition coefficient (Wildman–Crippen LogP) is 4.50. The number of hydrogen-bond acceptors (Lipinski definition) is 3. The first-order valence-electron chi connectivity index (χ1n) is 9.10. The zero-order valence-corrected chi connectivity index (χ0v) is 18.0. The van der Waals surface area contributed by atoms with Crippen LogP contribution in [-0.2, 0) is 27.8 Å². The van der Waals surface area contributed by atoms with E-state index in [0.29, 0.717) is 12.8 Å². The van der Waals surface area contributed by atoms with Gasteiger partial charge in [0.15, 0.2) is 0 Å². The lowest BCUT2D eigenvalue weighted by atomic mass is 10.1. The topological polar surface area (TPSA) is 75.3 Å². The van der Waals surface area contributed by atoms with Gasteiger partial charge in [0.05, 0.1) is 4.90 Å². The Bertz CT molecular complexity index is 1070. The van der Waals surface area contributed by atoms with Crippen LogP contribution >= 0.6 is 15.9 Å². The fourth-order valence-electron chi connectivity index (χ4n) is 2.74. The van der Waals surface area contributed by atoms with Gasteiger partial charge in [-0.1, -0.05) is 64.5 Å². The lowest BCUT2D eigenvalue weighted by Crippen LogP contribution is -2.23. The molecule has 0 heterocycles. The van der Waals surface area contributed by atoms with Crippen molar-refractivity contribution in [2.24, 2.45) is 0 Å². The Balaban J connectivity index is 1.53. The van der Waals surface area contributed by atoms with Crippen molar-refractivity contribution in [2.75, 3.05) is 5.32 Å². The molecule has 2 N–H and O–H groups in total. The lowest BCUT2D eigenvalue weighted by molar-refractivity contribution is -0.116. The molecule has 0 spiro atoms. The summed E-state index contributed by atoms with van der Waals surface area (Å²) in [6, 6.07) is 23.4. The fourth-order valence-corrected chi connectivity index (χ4v) is 4.16. The molecule has 0 atom stereocenters. The van der Waals surface area contributed by atoms with E-state index >= 15 is 0 Å². The van der Waals surface area contributed by atoms with Crippen molar-refractivity contribution in [3.63, 3.8) is 0 Å². The monoisotopic (exact) mass is 472 g/mol. The standard InChI is InChI=1S/C22H21BrN2O3S/c23-19-7-4-8-20(15-19)25-22(26)14-11-17-9-12-21(13-10-17)29(27,28)24-16-18-5-2-1-3-6-18/h1-10,12-13,15,24H,11,14,16H2,(H,25,26). The van der Waals surface area contributed by atoms with Crippen LogP contribution in [0.5, 0.6) is 0 Å². The molecular weight excluding hydrogens is 452 g/mol. The van der Waals surface area contributed by atoms with Gasteiger partial charge in [-0.15, -0.1) is 0 Å².